The lowest BCUT2D eigenvalue weighted by atomic mass is 10.1. The van der Waals surface area contributed by atoms with E-state index < -0.39 is 0 Å². The molecule has 80 valence electrons. The SMILES string of the molecule is COC1CN(CC(=O)c2ccccc2)C1. The molecular formula is C12H15NO2. The molecule has 1 aliphatic heterocycles. The normalized spacial score (nSPS) is 17.4. The van der Waals surface area contributed by atoms with Gasteiger partial charge in [0.15, 0.2) is 5.78 Å². The van der Waals surface area contributed by atoms with Gasteiger partial charge in [-0.3, -0.25) is 9.69 Å². The number of carbonyl (C=O) groups is 1. The zero-order valence-electron chi connectivity index (χ0n) is 8.85. The average molecular weight is 205 g/mol. The largest absolute Gasteiger partial charge is 0.379 e. The molecule has 1 heterocycles. The van der Waals surface area contributed by atoms with Crippen LogP contribution in [0.15, 0.2) is 30.3 Å². The fourth-order valence-electron chi connectivity index (χ4n) is 1.72. The van der Waals surface area contributed by atoms with E-state index in [1.54, 1.807) is 7.11 Å². The summed E-state index contributed by atoms with van der Waals surface area (Å²) in [5.41, 5.74) is 0.790. The van der Waals surface area contributed by atoms with E-state index >= 15 is 0 Å². The van der Waals surface area contributed by atoms with E-state index in [9.17, 15) is 4.79 Å². The molecule has 0 saturated carbocycles. The summed E-state index contributed by atoms with van der Waals surface area (Å²) in [7, 11) is 1.71. The smallest absolute Gasteiger partial charge is 0.176 e. The molecule has 2 rings (SSSR count). The van der Waals surface area contributed by atoms with Gasteiger partial charge in [-0.1, -0.05) is 30.3 Å². The number of rotatable bonds is 4. The first-order valence-electron chi connectivity index (χ1n) is 5.13. The molecule has 0 aromatic heterocycles. The Labute approximate surface area is 89.7 Å². The van der Waals surface area contributed by atoms with Crippen molar-refractivity contribution in [3.8, 4) is 0 Å². The van der Waals surface area contributed by atoms with Crippen molar-refractivity contribution in [2.45, 2.75) is 6.10 Å². The number of Topliss-reactive ketones (excluding diaryl/α,β-unsaturated/α-hetero) is 1. The number of methoxy groups -OCH3 is 1. The molecule has 0 N–H and O–H groups in total. The molecule has 15 heavy (non-hydrogen) atoms. The highest BCUT2D eigenvalue weighted by Gasteiger charge is 2.27. The summed E-state index contributed by atoms with van der Waals surface area (Å²) in [5.74, 6) is 0.185. The standard InChI is InChI=1S/C12H15NO2/c1-15-11-7-13(8-11)9-12(14)10-5-3-2-4-6-10/h2-6,11H,7-9H2,1H3. The third-order valence-corrected chi connectivity index (χ3v) is 2.72. The molecule has 0 bridgehead atoms. The second-order valence-corrected chi connectivity index (χ2v) is 3.84. The van der Waals surface area contributed by atoms with Crippen LogP contribution in [0.4, 0.5) is 0 Å². The van der Waals surface area contributed by atoms with Crippen molar-refractivity contribution in [2.24, 2.45) is 0 Å². The molecule has 1 aliphatic rings. The summed E-state index contributed by atoms with van der Waals surface area (Å²) < 4.78 is 5.15. The first-order chi connectivity index (χ1) is 7.29. The van der Waals surface area contributed by atoms with E-state index in [4.69, 9.17) is 4.74 Å². The van der Waals surface area contributed by atoms with E-state index in [0.29, 0.717) is 12.6 Å². The highest BCUT2D eigenvalue weighted by Crippen LogP contribution is 2.11. The summed E-state index contributed by atoms with van der Waals surface area (Å²) in [5, 5.41) is 0. The minimum Gasteiger partial charge on any atom is -0.379 e. The Hall–Kier alpha value is -1.19. The fourth-order valence-corrected chi connectivity index (χ4v) is 1.72. The van der Waals surface area contributed by atoms with Crippen molar-refractivity contribution >= 4 is 5.78 Å². The molecule has 0 spiro atoms. The van der Waals surface area contributed by atoms with Gasteiger partial charge in [-0.2, -0.15) is 0 Å². The van der Waals surface area contributed by atoms with Crippen LogP contribution in [-0.2, 0) is 4.74 Å². The summed E-state index contributed by atoms with van der Waals surface area (Å²) >= 11 is 0. The maximum Gasteiger partial charge on any atom is 0.176 e. The van der Waals surface area contributed by atoms with Gasteiger partial charge in [0.25, 0.3) is 0 Å². The van der Waals surface area contributed by atoms with Crippen LogP contribution >= 0.6 is 0 Å². The molecule has 0 unspecified atom stereocenters. The predicted octanol–water partition coefficient (Wildman–Crippen LogP) is 1.20. The van der Waals surface area contributed by atoms with Crippen LogP contribution in [-0.4, -0.2) is 43.5 Å². The minimum atomic E-state index is 0.185. The zero-order chi connectivity index (χ0) is 10.7. The number of likely N-dealkylation sites (tertiary alicyclic amines) is 1. The second kappa shape index (κ2) is 4.55. The Bertz CT molecular complexity index is 331. The molecule has 1 fully saturated rings. The van der Waals surface area contributed by atoms with Crippen molar-refractivity contribution in [3.05, 3.63) is 35.9 Å². The minimum absolute atomic E-state index is 0.185. The molecule has 0 aliphatic carbocycles. The van der Waals surface area contributed by atoms with Gasteiger partial charge in [-0.05, 0) is 0 Å². The van der Waals surface area contributed by atoms with Gasteiger partial charge in [0.2, 0.25) is 0 Å². The van der Waals surface area contributed by atoms with Crippen molar-refractivity contribution in [3.63, 3.8) is 0 Å². The monoisotopic (exact) mass is 205 g/mol. The van der Waals surface area contributed by atoms with E-state index in [1.165, 1.54) is 0 Å². The lowest BCUT2D eigenvalue weighted by Crippen LogP contribution is -2.53. The second-order valence-electron chi connectivity index (χ2n) is 3.84. The maximum absolute atomic E-state index is 11.8. The molecule has 1 saturated heterocycles. The maximum atomic E-state index is 11.8. The highest BCUT2D eigenvalue weighted by molar-refractivity contribution is 5.97. The predicted molar refractivity (Wildman–Crippen MR) is 58.0 cm³/mol. The number of ketones is 1. The van der Waals surface area contributed by atoms with E-state index in [-0.39, 0.29) is 5.78 Å². The van der Waals surface area contributed by atoms with Crippen LogP contribution in [0, 0.1) is 0 Å². The summed E-state index contributed by atoms with van der Waals surface area (Å²) in [4.78, 5) is 13.9. The third kappa shape index (κ3) is 2.43. The Morgan fingerprint density at radius 1 is 1.40 bits per heavy atom. The quantitative estimate of drug-likeness (QED) is 0.692. The molecule has 3 heteroatoms. The van der Waals surface area contributed by atoms with E-state index in [0.717, 1.165) is 18.7 Å². The first kappa shape index (κ1) is 10.3. The van der Waals surface area contributed by atoms with Gasteiger partial charge in [0.05, 0.1) is 12.6 Å². The molecular weight excluding hydrogens is 190 g/mol. The van der Waals surface area contributed by atoms with Crippen molar-refractivity contribution < 1.29 is 9.53 Å². The number of carbonyl (C=O) groups excluding carboxylic acids is 1. The fraction of sp³-hybridized carbons (Fsp3) is 0.417. The number of hydrogen-bond acceptors (Lipinski definition) is 3. The lowest BCUT2D eigenvalue weighted by Gasteiger charge is -2.37. The van der Waals surface area contributed by atoms with Crippen LogP contribution in [0.1, 0.15) is 10.4 Å². The Kier molecular flexibility index (Phi) is 3.14. The number of hydrogen-bond donors (Lipinski definition) is 0. The molecule has 1 aromatic carbocycles. The summed E-state index contributed by atoms with van der Waals surface area (Å²) in [6, 6.07) is 9.41. The topological polar surface area (TPSA) is 29.5 Å². The lowest BCUT2D eigenvalue weighted by molar-refractivity contribution is -0.0255. The molecule has 1 aromatic rings. The van der Waals surface area contributed by atoms with Gasteiger partial charge in [0.1, 0.15) is 0 Å². The Balaban J connectivity index is 1.84. The molecule has 0 amide bonds. The van der Waals surface area contributed by atoms with Crippen LogP contribution in [0.2, 0.25) is 0 Å². The Morgan fingerprint density at radius 2 is 2.07 bits per heavy atom. The first-order valence-corrected chi connectivity index (χ1v) is 5.13. The number of benzene rings is 1. The van der Waals surface area contributed by atoms with Crippen molar-refractivity contribution in [1.29, 1.82) is 0 Å². The zero-order valence-corrected chi connectivity index (χ0v) is 8.85. The van der Waals surface area contributed by atoms with Gasteiger partial charge in [0, 0.05) is 25.8 Å². The van der Waals surface area contributed by atoms with E-state index in [1.807, 2.05) is 30.3 Å². The Morgan fingerprint density at radius 3 is 2.67 bits per heavy atom. The van der Waals surface area contributed by atoms with Crippen LogP contribution < -0.4 is 0 Å². The molecule has 0 atom stereocenters. The van der Waals surface area contributed by atoms with Gasteiger partial charge < -0.3 is 4.74 Å². The highest BCUT2D eigenvalue weighted by atomic mass is 16.5. The van der Waals surface area contributed by atoms with Crippen molar-refractivity contribution in [1.82, 2.24) is 4.90 Å². The van der Waals surface area contributed by atoms with Crippen LogP contribution in [0.3, 0.4) is 0 Å². The summed E-state index contributed by atoms with van der Waals surface area (Å²) in [6.07, 6.45) is 0.313. The van der Waals surface area contributed by atoms with Gasteiger partial charge in [-0.25, -0.2) is 0 Å². The average Bonchev–Trinajstić information content (AvgIpc) is 2.23. The van der Waals surface area contributed by atoms with Gasteiger partial charge >= 0.3 is 0 Å². The summed E-state index contributed by atoms with van der Waals surface area (Å²) in [6.45, 7) is 2.24. The number of ether oxygens (including phenoxy) is 1. The van der Waals surface area contributed by atoms with E-state index in [2.05, 4.69) is 4.90 Å². The van der Waals surface area contributed by atoms with Crippen LogP contribution in [0.5, 0.6) is 0 Å². The van der Waals surface area contributed by atoms with Gasteiger partial charge in [-0.15, -0.1) is 0 Å². The molecule has 0 radical (unpaired) electrons. The van der Waals surface area contributed by atoms with Crippen LogP contribution in [0.25, 0.3) is 0 Å². The van der Waals surface area contributed by atoms with Crippen molar-refractivity contribution in [2.75, 3.05) is 26.7 Å². The molecule has 3 nitrogen and oxygen atoms in total. The number of nitrogens with zero attached hydrogens (tertiary/aromatic N) is 1. The third-order valence-electron chi connectivity index (χ3n) is 2.72.